The Morgan fingerprint density at radius 2 is 1.96 bits per heavy atom. The van der Waals surface area contributed by atoms with E-state index in [0.717, 1.165) is 0 Å². The third-order valence-electron chi connectivity index (χ3n) is 3.58. The van der Waals surface area contributed by atoms with Crippen molar-refractivity contribution in [2.24, 2.45) is 5.92 Å². The number of hydrogen-bond donors (Lipinski definition) is 0. The van der Waals surface area contributed by atoms with Crippen LogP contribution in [-0.2, 0) is 28.5 Å². The van der Waals surface area contributed by atoms with Gasteiger partial charge in [-0.1, -0.05) is 18.2 Å². The number of para-hydroxylation sites is 1. The summed E-state index contributed by atoms with van der Waals surface area (Å²) in [7, 11) is 1.23. The highest BCUT2D eigenvalue weighted by Crippen LogP contribution is 2.17. The predicted molar refractivity (Wildman–Crippen MR) is 85.0 cm³/mol. The van der Waals surface area contributed by atoms with Gasteiger partial charge in [0.25, 0.3) is 0 Å². The van der Waals surface area contributed by atoms with Crippen LogP contribution in [0.4, 0.5) is 4.79 Å². The third-order valence-corrected chi connectivity index (χ3v) is 3.58. The minimum Gasteiger partial charge on any atom is -0.479 e. The lowest BCUT2D eigenvalue weighted by Crippen LogP contribution is -2.42. The van der Waals surface area contributed by atoms with Crippen molar-refractivity contribution in [3.8, 4) is 5.75 Å². The Labute approximate surface area is 145 Å². The number of carbonyl (C=O) groups excluding carboxylic acids is 2. The Hall–Kier alpha value is -2.32. The van der Waals surface area contributed by atoms with Crippen molar-refractivity contribution in [3.63, 3.8) is 0 Å². The fourth-order valence-corrected chi connectivity index (χ4v) is 2.18. The molecule has 0 aliphatic carbocycles. The number of carbonyl (C=O) groups is 2. The minimum absolute atomic E-state index is 0.0138. The van der Waals surface area contributed by atoms with E-state index in [0.29, 0.717) is 12.4 Å². The van der Waals surface area contributed by atoms with E-state index in [1.807, 2.05) is 18.2 Å². The number of ether oxygens (including phenoxy) is 6. The molecule has 1 aromatic carbocycles. The molecule has 1 fully saturated rings. The van der Waals surface area contributed by atoms with Crippen LogP contribution in [0.25, 0.3) is 0 Å². The van der Waals surface area contributed by atoms with Crippen LogP contribution >= 0.6 is 0 Å². The average Bonchev–Trinajstić information content (AvgIpc) is 2.65. The van der Waals surface area contributed by atoms with Gasteiger partial charge in [0, 0.05) is 5.92 Å². The normalized spacial score (nSPS) is 21.0. The lowest BCUT2D eigenvalue weighted by Gasteiger charge is -2.30. The maximum atomic E-state index is 12.1. The highest BCUT2D eigenvalue weighted by Gasteiger charge is 2.30. The van der Waals surface area contributed by atoms with Gasteiger partial charge >= 0.3 is 12.1 Å². The number of benzene rings is 1. The molecule has 2 rings (SSSR count). The van der Waals surface area contributed by atoms with Gasteiger partial charge in [0.15, 0.2) is 6.10 Å². The van der Waals surface area contributed by atoms with Crippen LogP contribution in [0.5, 0.6) is 5.75 Å². The summed E-state index contributed by atoms with van der Waals surface area (Å²) in [6, 6.07) is 9.00. The van der Waals surface area contributed by atoms with Crippen LogP contribution in [-0.4, -0.2) is 58.1 Å². The zero-order chi connectivity index (χ0) is 18.1. The zero-order valence-corrected chi connectivity index (χ0v) is 14.2. The molecular weight excluding hydrogens is 332 g/mol. The summed E-state index contributed by atoms with van der Waals surface area (Å²) in [6.07, 6.45) is -1.98. The first-order valence-electron chi connectivity index (χ1n) is 7.88. The monoisotopic (exact) mass is 354 g/mol. The van der Waals surface area contributed by atoms with Crippen LogP contribution in [0.3, 0.4) is 0 Å². The lowest BCUT2D eigenvalue weighted by atomic mass is 10.0. The smallest absolute Gasteiger partial charge is 0.479 e. The van der Waals surface area contributed by atoms with Crippen molar-refractivity contribution in [3.05, 3.63) is 30.3 Å². The molecule has 1 heterocycles. The molecule has 0 amide bonds. The first-order chi connectivity index (χ1) is 12.1. The van der Waals surface area contributed by atoms with Gasteiger partial charge in [0.2, 0.25) is 0 Å². The standard InChI is InChI=1S/C17H22O8/c1-12(25-14-6-4-3-5-7-14)16(18)22-10-15-13(8-21-11-24-15)9-23-17(19)20-2/h3-7,12-13,15H,8-11H2,1-2H3/t12-,13-,15+/m0/s1. The van der Waals surface area contributed by atoms with Gasteiger partial charge in [-0.2, -0.15) is 0 Å². The molecule has 0 saturated carbocycles. The fourth-order valence-electron chi connectivity index (χ4n) is 2.18. The molecule has 1 aromatic rings. The number of rotatable bonds is 7. The fraction of sp³-hybridized carbons (Fsp3) is 0.529. The summed E-state index contributed by atoms with van der Waals surface area (Å²) < 4.78 is 30.7. The van der Waals surface area contributed by atoms with Gasteiger partial charge in [0.1, 0.15) is 31.9 Å². The SMILES string of the molecule is COC(=O)OC[C@@H]1COCO[C@@H]1COC(=O)[C@H](C)Oc1ccccc1. The van der Waals surface area contributed by atoms with Crippen LogP contribution in [0, 0.1) is 5.92 Å². The van der Waals surface area contributed by atoms with E-state index in [2.05, 4.69) is 4.74 Å². The van der Waals surface area contributed by atoms with E-state index in [-0.39, 0.29) is 25.9 Å². The first-order valence-corrected chi connectivity index (χ1v) is 7.88. The minimum atomic E-state index is -0.786. The summed E-state index contributed by atoms with van der Waals surface area (Å²) >= 11 is 0. The van der Waals surface area contributed by atoms with Gasteiger partial charge in [0.05, 0.1) is 13.7 Å². The van der Waals surface area contributed by atoms with Gasteiger partial charge in [-0.3, -0.25) is 0 Å². The molecule has 25 heavy (non-hydrogen) atoms. The second-order valence-corrected chi connectivity index (χ2v) is 5.42. The van der Waals surface area contributed by atoms with E-state index in [1.165, 1.54) is 7.11 Å². The van der Waals surface area contributed by atoms with Gasteiger partial charge < -0.3 is 28.4 Å². The van der Waals surface area contributed by atoms with Crippen LogP contribution in [0.1, 0.15) is 6.92 Å². The Bertz CT molecular complexity index is 547. The van der Waals surface area contributed by atoms with Gasteiger partial charge in [-0.05, 0) is 19.1 Å². The van der Waals surface area contributed by atoms with E-state index in [9.17, 15) is 9.59 Å². The van der Waals surface area contributed by atoms with Crippen molar-refractivity contribution in [2.45, 2.75) is 19.1 Å². The molecule has 1 saturated heterocycles. The molecule has 3 atom stereocenters. The molecule has 1 aliphatic heterocycles. The summed E-state index contributed by atoms with van der Waals surface area (Å²) in [4.78, 5) is 23.1. The van der Waals surface area contributed by atoms with Crippen molar-refractivity contribution in [1.82, 2.24) is 0 Å². The van der Waals surface area contributed by atoms with Crippen molar-refractivity contribution in [2.75, 3.05) is 33.7 Å². The van der Waals surface area contributed by atoms with Gasteiger partial charge in [-0.15, -0.1) is 0 Å². The van der Waals surface area contributed by atoms with Crippen molar-refractivity contribution >= 4 is 12.1 Å². The molecule has 8 heteroatoms. The molecule has 0 spiro atoms. The Morgan fingerprint density at radius 3 is 2.68 bits per heavy atom. The molecule has 1 aliphatic rings. The summed E-state index contributed by atoms with van der Waals surface area (Å²) in [5, 5.41) is 0. The molecule has 0 N–H and O–H groups in total. The van der Waals surface area contributed by atoms with Crippen LogP contribution < -0.4 is 4.74 Å². The maximum Gasteiger partial charge on any atom is 0.507 e. The maximum absolute atomic E-state index is 12.1. The van der Waals surface area contributed by atoms with E-state index < -0.39 is 24.3 Å². The topological polar surface area (TPSA) is 89.5 Å². The summed E-state index contributed by atoms with van der Waals surface area (Å²) in [5.41, 5.74) is 0. The van der Waals surface area contributed by atoms with Crippen LogP contribution in [0.15, 0.2) is 30.3 Å². The third kappa shape index (κ3) is 6.24. The van der Waals surface area contributed by atoms with Crippen molar-refractivity contribution < 1.29 is 38.0 Å². The second kappa shape index (κ2) is 9.85. The first kappa shape index (κ1) is 19.0. The largest absolute Gasteiger partial charge is 0.507 e. The van der Waals surface area contributed by atoms with E-state index in [4.69, 9.17) is 23.7 Å². The Balaban J connectivity index is 1.78. The Morgan fingerprint density at radius 1 is 1.20 bits per heavy atom. The molecule has 0 bridgehead atoms. The number of methoxy groups -OCH3 is 1. The predicted octanol–water partition coefficient (Wildman–Crippen LogP) is 1.77. The van der Waals surface area contributed by atoms with E-state index >= 15 is 0 Å². The molecule has 8 nitrogen and oxygen atoms in total. The number of hydrogen-bond acceptors (Lipinski definition) is 8. The molecule has 0 radical (unpaired) electrons. The zero-order valence-electron chi connectivity index (χ0n) is 14.2. The lowest BCUT2D eigenvalue weighted by molar-refractivity contribution is -0.198. The summed E-state index contributed by atoms with van der Waals surface area (Å²) in [6.45, 7) is 2.09. The van der Waals surface area contributed by atoms with Crippen LogP contribution in [0.2, 0.25) is 0 Å². The van der Waals surface area contributed by atoms with Crippen molar-refractivity contribution in [1.29, 1.82) is 0 Å². The van der Waals surface area contributed by atoms with E-state index in [1.54, 1.807) is 19.1 Å². The quantitative estimate of drug-likeness (QED) is 0.685. The second-order valence-electron chi connectivity index (χ2n) is 5.42. The summed E-state index contributed by atoms with van der Waals surface area (Å²) in [5.74, 6) is -0.184. The molecule has 138 valence electrons. The highest BCUT2D eigenvalue weighted by atomic mass is 16.7. The average molecular weight is 354 g/mol. The highest BCUT2D eigenvalue weighted by molar-refractivity contribution is 5.74. The Kier molecular flexibility index (Phi) is 7.49. The number of esters is 1. The molecule has 0 unspecified atom stereocenters. The molecular formula is C17H22O8. The molecule has 0 aromatic heterocycles. The van der Waals surface area contributed by atoms with Gasteiger partial charge in [-0.25, -0.2) is 9.59 Å².